The molecule has 0 atom stereocenters. The minimum atomic E-state index is 0.321. The fraction of sp³-hybridized carbons (Fsp3) is 0.143. The van der Waals surface area contributed by atoms with Gasteiger partial charge in [-0.3, -0.25) is 0 Å². The van der Waals surface area contributed by atoms with Gasteiger partial charge >= 0.3 is 0 Å². The summed E-state index contributed by atoms with van der Waals surface area (Å²) in [7, 11) is 0. The first kappa shape index (κ1) is 8.74. The Hall–Kier alpha value is -1.85. The molecule has 0 aliphatic rings. The van der Waals surface area contributed by atoms with Crippen LogP contribution in [-0.4, -0.2) is 14.8 Å². The molecule has 0 fully saturated rings. The van der Waals surface area contributed by atoms with Crippen molar-refractivity contribution in [3.8, 4) is 5.13 Å². The third-order valence-corrected chi connectivity index (χ3v) is 2.33. The summed E-state index contributed by atoms with van der Waals surface area (Å²) in [5.41, 5.74) is 9.01. The fourth-order valence-electron chi connectivity index (χ4n) is 0.989. The van der Waals surface area contributed by atoms with Crippen LogP contribution in [0.2, 0.25) is 0 Å². The van der Waals surface area contributed by atoms with Gasteiger partial charge < -0.3 is 0 Å². The Morgan fingerprint density at radius 1 is 1.64 bits per heavy atom. The molecule has 2 aromatic rings. The van der Waals surface area contributed by atoms with Gasteiger partial charge in [0.25, 0.3) is 0 Å². The van der Waals surface area contributed by atoms with Gasteiger partial charge in [-0.1, -0.05) is 5.11 Å². The molecule has 0 radical (unpaired) electrons. The molecule has 7 heteroatoms. The molecule has 0 unspecified atom stereocenters. The fourth-order valence-corrected chi connectivity index (χ4v) is 1.56. The highest BCUT2D eigenvalue weighted by Gasteiger charge is 2.01. The molecule has 70 valence electrons. The van der Waals surface area contributed by atoms with Gasteiger partial charge in [-0.2, -0.15) is 5.10 Å². The van der Waals surface area contributed by atoms with Crippen molar-refractivity contribution in [2.45, 2.75) is 6.54 Å². The first-order chi connectivity index (χ1) is 6.90. The van der Waals surface area contributed by atoms with Crippen molar-refractivity contribution in [2.75, 3.05) is 0 Å². The van der Waals surface area contributed by atoms with Gasteiger partial charge in [0.2, 0.25) is 5.13 Å². The molecule has 0 aliphatic heterocycles. The summed E-state index contributed by atoms with van der Waals surface area (Å²) in [5, 5.41) is 10.2. The first-order valence-electron chi connectivity index (χ1n) is 3.84. The smallest absolute Gasteiger partial charge is 0.210 e. The maximum Gasteiger partial charge on any atom is 0.210 e. The lowest BCUT2D eigenvalue weighted by molar-refractivity contribution is 0.868. The number of hydrogen-bond acceptors (Lipinski definition) is 4. The molecular weight excluding hydrogens is 200 g/mol. The molecule has 0 aromatic carbocycles. The average Bonchev–Trinajstić information content (AvgIpc) is 2.85. The monoisotopic (exact) mass is 206 g/mol. The van der Waals surface area contributed by atoms with Crippen LogP contribution in [0, 0.1) is 0 Å². The molecule has 0 bridgehead atoms. The number of thiazole rings is 1. The molecule has 0 N–H and O–H groups in total. The van der Waals surface area contributed by atoms with E-state index in [0.29, 0.717) is 6.54 Å². The molecule has 2 aromatic heterocycles. The molecule has 6 nitrogen and oxygen atoms in total. The average molecular weight is 206 g/mol. The molecular formula is C7H6N6S. The lowest BCUT2D eigenvalue weighted by Gasteiger charge is -1.91. The minimum Gasteiger partial charge on any atom is -0.227 e. The number of aromatic nitrogens is 3. The van der Waals surface area contributed by atoms with Gasteiger partial charge in [-0.15, -0.1) is 11.3 Å². The highest BCUT2D eigenvalue weighted by atomic mass is 32.1. The van der Waals surface area contributed by atoms with Gasteiger partial charge in [0, 0.05) is 22.7 Å². The Kier molecular flexibility index (Phi) is 2.44. The van der Waals surface area contributed by atoms with E-state index in [1.807, 2.05) is 5.38 Å². The van der Waals surface area contributed by atoms with Crippen LogP contribution >= 0.6 is 11.3 Å². The van der Waals surface area contributed by atoms with Crippen LogP contribution in [0.3, 0.4) is 0 Å². The third kappa shape index (κ3) is 1.73. The van der Waals surface area contributed by atoms with Crippen molar-refractivity contribution in [1.29, 1.82) is 0 Å². The van der Waals surface area contributed by atoms with Crippen LogP contribution in [0.5, 0.6) is 0 Å². The Bertz CT molecular complexity index is 452. The van der Waals surface area contributed by atoms with E-state index in [2.05, 4.69) is 20.1 Å². The topological polar surface area (TPSA) is 79.5 Å². The lowest BCUT2D eigenvalue weighted by Crippen LogP contribution is -1.91. The highest BCUT2D eigenvalue weighted by Crippen LogP contribution is 2.11. The van der Waals surface area contributed by atoms with Crippen LogP contribution in [0.4, 0.5) is 0 Å². The Balaban J connectivity index is 2.22. The van der Waals surface area contributed by atoms with Crippen LogP contribution in [0.25, 0.3) is 15.6 Å². The van der Waals surface area contributed by atoms with Gasteiger partial charge in [0.05, 0.1) is 12.7 Å². The summed E-state index contributed by atoms with van der Waals surface area (Å²) in [6.07, 6.45) is 5.18. The lowest BCUT2D eigenvalue weighted by atomic mass is 10.4. The Labute approximate surface area is 83.5 Å². The quantitative estimate of drug-likeness (QED) is 0.438. The van der Waals surface area contributed by atoms with Crippen LogP contribution in [0.1, 0.15) is 5.56 Å². The van der Waals surface area contributed by atoms with Crippen LogP contribution < -0.4 is 0 Å². The molecule has 2 heterocycles. The maximum atomic E-state index is 8.14. The van der Waals surface area contributed by atoms with E-state index < -0.39 is 0 Å². The van der Waals surface area contributed by atoms with Crippen molar-refractivity contribution in [2.24, 2.45) is 5.11 Å². The van der Waals surface area contributed by atoms with Crippen molar-refractivity contribution >= 4 is 11.3 Å². The van der Waals surface area contributed by atoms with E-state index in [1.165, 1.54) is 11.3 Å². The molecule has 0 aliphatic carbocycles. The highest BCUT2D eigenvalue weighted by molar-refractivity contribution is 7.12. The third-order valence-electron chi connectivity index (χ3n) is 1.57. The second-order valence-corrected chi connectivity index (χ2v) is 3.37. The van der Waals surface area contributed by atoms with Crippen molar-refractivity contribution in [3.63, 3.8) is 0 Å². The van der Waals surface area contributed by atoms with Gasteiger partial charge in [0.15, 0.2) is 0 Å². The number of rotatable bonds is 3. The standard InChI is InChI=1S/C7H6N6S/c8-12-10-3-6-4-11-13(5-6)7-9-1-2-14-7/h1-2,4-5H,3H2. The summed E-state index contributed by atoms with van der Waals surface area (Å²) < 4.78 is 1.66. The van der Waals surface area contributed by atoms with E-state index >= 15 is 0 Å². The maximum absolute atomic E-state index is 8.14. The van der Waals surface area contributed by atoms with Gasteiger partial charge in [-0.05, 0) is 11.1 Å². The van der Waals surface area contributed by atoms with Crippen LogP contribution in [0.15, 0.2) is 29.1 Å². The van der Waals surface area contributed by atoms with Crippen molar-refractivity contribution in [1.82, 2.24) is 14.8 Å². The van der Waals surface area contributed by atoms with E-state index in [0.717, 1.165) is 10.7 Å². The zero-order valence-electron chi connectivity index (χ0n) is 7.11. The van der Waals surface area contributed by atoms with Gasteiger partial charge in [-0.25, -0.2) is 9.67 Å². The van der Waals surface area contributed by atoms with Crippen molar-refractivity contribution in [3.05, 3.63) is 40.0 Å². The van der Waals surface area contributed by atoms with E-state index in [9.17, 15) is 0 Å². The normalized spacial score (nSPS) is 9.71. The van der Waals surface area contributed by atoms with Gasteiger partial charge in [0.1, 0.15) is 0 Å². The summed E-state index contributed by atoms with van der Waals surface area (Å²) >= 11 is 1.50. The van der Waals surface area contributed by atoms with Crippen molar-refractivity contribution < 1.29 is 0 Å². The predicted molar refractivity (Wildman–Crippen MR) is 52.1 cm³/mol. The summed E-state index contributed by atoms with van der Waals surface area (Å²) in [6, 6.07) is 0. The summed E-state index contributed by atoms with van der Waals surface area (Å²) in [6.45, 7) is 0.321. The largest absolute Gasteiger partial charge is 0.227 e. The zero-order valence-corrected chi connectivity index (χ0v) is 7.92. The molecule has 0 amide bonds. The van der Waals surface area contributed by atoms with E-state index in [4.69, 9.17) is 5.53 Å². The SMILES string of the molecule is [N-]=[N+]=NCc1cnn(-c2nccs2)c1. The minimum absolute atomic E-state index is 0.321. The Morgan fingerprint density at radius 2 is 2.57 bits per heavy atom. The zero-order chi connectivity index (χ0) is 9.80. The second-order valence-electron chi connectivity index (χ2n) is 2.50. The number of hydrogen-bond donors (Lipinski definition) is 0. The predicted octanol–water partition coefficient (Wildman–Crippen LogP) is 2.14. The number of azide groups is 1. The molecule has 2 rings (SSSR count). The molecule has 0 saturated heterocycles. The molecule has 14 heavy (non-hydrogen) atoms. The summed E-state index contributed by atoms with van der Waals surface area (Å²) in [5.74, 6) is 0. The second kappa shape index (κ2) is 3.91. The van der Waals surface area contributed by atoms with Crippen LogP contribution in [-0.2, 0) is 6.54 Å². The first-order valence-corrected chi connectivity index (χ1v) is 4.72. The molecule has 0 spiro atoms. The Morgan fingerprint density at radius 3 is 3.29 bits per heavy atom. The van der Waals surface area contributed by atoms with E-state index in [-0.39, 0.29) is 0 Å². The summed E-state index contributed by atoms with van der Waals surface area (Å²) in [4.78, 5) is 6.77. The molecule has 0 saturated carbocycles. The van der Waals surface area contributed by atoms with E-state index in [1.54, 1.807) is 23.3 Å². The number of nitrogens with zero attached hydrogens (tertiary/aromatic N) is 6.